The Hall–Kier alpha value is -3.82. The molecular formula is C28H31F2N3O4. The van der Waals surface area contributed by atoms with Gasteiger partial charge in [0.15, 0.2) is 0 Å². The Labute approximate surface area is 215 Å². The fourth-order valence-electron chi connectivity index (χ4n) is 4.05. The maximum Gasteiger partial charge on any atom is 0.291 e. The molecule has 0 saturated carbocycles. The van der Waals surface area contributed by atoms with Crippen LogP contribution < -0.4 is 0 Å². The van der Waals surface area contributed by atoms with Crippen LogP contribution in [0.2, 0.25) is 0 Å². The van der Waals surface area contributed by atoms with Crippen molar-refractivity contribution in [3.63, 3.8) is 0 Å². The van der Waals surface area contributed by atoms with E-state index >= 15 is 0 Å². The molecule has 0 aliphatic carbocycles. The molecule has 1 saturated heterocycles. The van der Waals surface area contributed by atoms with Crippen LogP contribution in [0.1, 0.15) is 22.8 Å². The van der Waals surface area contributed by atoms with Gasteiger partial charge >= 0.3 is 0 Å². The van der Waals surface area contributed by atoms with E-state index in [1.165, 1.54) is 29.8 Å². The van der Waals surface area contributed by atoms with Gasteiger partial charge in [-0.05, 0) is 53.6 Å². The van der Waals surface area contributed by atoms with Gasteiger partial charge in [-0.25, -0.2) is 8.78 Å². The minimum atomic E-state index is -1.50. The highest BCUT2D eigenvalue weighted by Gasteiger charge is 2.18. The first-order chi connectivity index (χ1) is 17.9. The average molecular weight is 512 g/mol. The van der Waals surface area contributed by atoms with E-state index in [-0.39, 0.29) is 17.7 Å². The lowest BCUT2D eigenvalue weighted by atomic mass is 10.0. The molecular weight excluding hydrogens is 480 g/mol. The second kappa shape index (κ2) is 14.7. The zero-order chi connectivity index (χ0) is 26.5. The zero-order valence-corrected chi connectivity index (χ0v) is 20.5. The number of allylic oxidation sites excluding steroid dienone is 1. The summed E-state index contributed by atoms with van der Waals surface area (Å²) in [5.74, 6) is -0.570. The highest BCUT2D eigenvalue weighted by atomic mass is 19.1. The summed E-state index contributed by atoms with van der Waals surface area (Å²) >= 11 is 0. The van der Waals surface area contributed by atoms with Gasteiger partial charge in [0.25, 0.3) is 5.09 Å². The van der Waals surface area contributed by atoms with Gasteiger partial charge < -0.3 is 14.8 Å². The molecule has 1 fully saturated rings. The van der Waals surface area contributed by atoms with Crippen molar-refractivity contribution in [1.29, 1.82) is 0 Å². The summed E-state index contributed by atoms with van der Waals surface area (Å²) in [6, 6.07) is 23.1. The summed E-state index contributed by atoms with van der Waals surface area (Å²) in [5.41, 5.74) is 3.04. The first-order valence-corrected chi connectivity index (χ1v) is 12.0. The van der Waals surface area contributed by atoms with Crippen LogP contribution >= 0.6 is 0 Å². The molecule has 0 atom stereocenters. The van der Waals surface area contributed by atoms with Crippen LogP contribution in [-0.4, -0.2) is 59.4 Å². The third-order valence-electron chi connectivity index (χ3n) is 5.96. The largest absolute Gasteiger partial charge is 0.375 e. The van der Waals surface area contributed by atoms with Crippen molar-refractivity contribution >= 4 is 0 Å². The molecule has 1 aliphatic heterocycles. The van der Waals surface area contributed by atoms with Gasteiger partial charge in [-0.2, -0.15) is 0 Å². The van der Waals surface area contributed by atoms with E-state index in [1.54, 1.807) is 24.3 Å². The maximum absolute atomic E-state index is 13.4. The normalized spacial score (nSPS) is 14.0. The molecule has 0 radical (unpaired) electrons. The number of benzene rings is 3. The zero-order valence-electron chi connectivity index (χ0n) is 20.5. The van der Waals surface area contributed by atoms with E-state index < -0.39 is 5.09 Å². The molecule has 1 N–H and O–H groups in total. The van der Waals surface area contributed by atoms with Crippen molar-refractivity contribution in [2.24, 2.45) is 0 Å². The predicted molar refractivity (Wildman–Crippen MR) is 137 cm³/mol. The lowest BCUT2D eigenvalue weighted by Crippen LogP contribution is -2.45. The molecule has 4 rings (SSSR count). The Morgan fingerprint density at radius 1 is 0.892 bits per heavy atom. The van der Waals surface area contributed by atoms with Crippen molar-refractivity contribution < 1.29 is 23.8 Å². The van der Waals surface area contributed by atoms with Gasteiger partial charge in [0, 0.05) is 32.7 Å². The quantitative estimate of drug-likeness (QED) is 0.318. The number of nitrogens with zero attached hydrogens (tertiary/aromatic N) is 3. The Bertz CT molecular complexity index is 1060. The number of hydrogen-bond acceptors (Lipinski definition) is 5. The van der Waals surface area contributed by atoms with Crippen molar-refractivity contribution in [3.05, 3.63) is 130 Å². The molecule has 37 heavy (non-hydrogen) atoms. The lowest BCUT2D eigenvalue weighted by Gasteiger charge is -2.34. The summed E-state index contributed by atoms with van der Waals surface area (Å²) in [6.07, 6.45) is 5.03. The summed E-state index contributed by atoms with van der Waals surface area (Å²) in [5, 5.41) is 13.6. The van der Waals surface area contributed by atoms with Crippen LogP contribution in [0.3, 0.4) is 0 Å². The molecule has 7 nitrogen and oxygen atoms in total. The fourth-order valence-corrected chi connectivity index (χ4v) is 4.05. The number of ether oxygens (including phenoxy) is 1. The molecule has 0 aromatic heterocycles. The molecule has 0 amide bonds. The van der Waals surface area contributed by atoms with Gasteiger partial charge in [-0.1, -0.05) is 60.7 Å². The van der Waals surface area contributed by atoms with Crippen molar-refractivity contribution in [1.82, 2.24) is 9.80 Å². The number of halogens is 2. The van der Waals surface area contributed by atoms with Crippen LogP contribution in [0.4, 0.5) is 8.78 Å². The summed E-state index contributed by atoms with van der Waals surface area (Å²) < 4.78 is 33.0. The Morgan fingerprint density at radius 2 is 1.41 bits per heavy atom. The van der Waals surface area contributed by atoms with Gasteiger partial charge in [0.05, 0.1) is 6.61 Å². The Balaban J connectivity index is 0.000000886. The second-order valence-corrected chi connectivity index (χ2v) is 8.54. The van der Waals surface area contributed by atoms with E-state index in [0.717, 1.165) is 50.3 Å². The van der Waals surface area contributed by atoms with Crippen molar-refractivity contribution in [2.75, 3.05) is 39.3 Å². The molecule has 3 aromatic rings. The third-order valence-corrected chi connectivity index (χ3v) is 5.96. The first kappa shape index (κ1) is 27.8. The van der Waals surface area contributed by atoms with E-state index in [0.29, 0.717) is 6.61 Å². The smallest absolute Gasteiger partial charge is 0.291 e. The van der Waals surface area contributed by atoms with Crippen LogP contribution in [-0.2, 0) is 11.2 Å². The van der Waals surface area contributed by atoms with Gasteiger partial charge in [0.2, 0.25) is 0 Å². The summed E-state index contributed by atoms with van der Waals surface area (Å²) in [4.78, 5) is 13.1. The molecule has 0 unspecified atom stereocenters. The minimum Gasteiger partial charge on any atom is -0.375 e. The van der Waals surface area contributed by atoms with Crippen molar-refractivity contribution in [3.8, 4) is 0 Å². The molecule has 9 heteroatoms. The van der Waals surface area contributed by atoms with Crippen LogP contribution in [0.15, 0.2) is 91.1 Å². The lowest BCUT2D eigenvalue weighted by molar-refractivity contribution is -0.742. The fraction of sp³-hybridized carbons (Fsp3) is 0.286. The highest BCUT2D eigenvalue weighted by Crippen LogP contribution is 2.26. The summed E-state index contributed by atoms with van der Waals surface area (Å²) in [6.45, 7) is 5.31. The van der Waals surface area contributed by atoms with Gasteiger partial charge in [-0.3, -0.25) is 4.90 Å². The third kappa shape index (κ3) is 9.98. The van der Waals surface area contributed by atoms with E-state index in [2.05, 4.69) is 46.3 Å². The van der Waals surface area contributed by atoms with Gasteiger partial charge in [-0.15, -0.1) is 10.1 Å². The van der Waals surface area contributed by atoms with E-state index in [9.17, 15) is 8.78 Å². The van der Waals surface area contributed by atoms with Crippen LogP contribution in [0.25, 0.3) is 0 Å². The van der Waals surface area contributed by atoms with E-state index in [4.69, 9.17) is 20.1 Å². The van der Waals surface area contributed by atoms with Gasteiger partial charge in [0.1, 0.15) is 17.7 Å². The van der Waals surface area contributed by atoms with E-state index in [1.807, 2.05) is 6.07 Å². The molecule has 1 heterocycles. The number of rotatable bonds is 9. The van der Waals surface area contributed by atoms with Crippen LogP contribution in [0.5, 0.6) is 0 Å². The standard InChI is InChI=1S/C28H30F2N2O.HNO3/c29-26-12-8-24(9-13-26)28(25-10-14-27(30)15-11-25)33-22-21-32-19-17-31(18-20-32)16-4-7-23-5-2-1-3-6-23;2-1(3)4/h1-6,8-16,28H,7,17-22H2;(H,2,3,4)/b16-4+;. The summed E-state index contributed by atoms with van der Waals surface area (Å²) in [7, 11) is 0. The Kier molecular flexibility index (Phi) is 11.0. The number of hydrogen-bond donors (Lipinski definition) is 1. The highest BCUT2D eigenvalue weighted by molar-refractivity contribution is 5.30. The SMILES string of the molecule is Fc1ccc(C(OCCN2CCN(/C=C/Cc3ccccc3)CC2)c2ccc(F)cc2)cc1.O=[N+]([O-])O. The molecule has 0 bridgehead atoms. The molecule has 196 valence electrons. The maximum atomic E-state index is 13.4. The average Bonchev–Trinajstić information content (AvgIpc) is 2.89. The first-order valence-electron chi connectivity index (χ1n) is 12.0. The molecule has 1 aliphatic rings. The molecule has 0 spiro atoms. The second-order valence-electron chi connectivity index (χ2n) is 8.54. The van der Waals surface area contributed by atoms with Crippen molar-refractivity contribution in [2.45, 2.75) is 12.5 Å². The topological polar surface area (TPSA) is 79.1 Å². The van der Waals surface area contributed by atoms with Crippen LogP contribution in [0, 0.1) is 21.7 Å². The Morgan fingerprint density at radius 3 is 1.92 bits per heavy atom. The molecule has 3 aromatic carbocycles. The minimum absolute atomic E-state index is 0.285. The predicted octanol–water partition coefficient (Wildman–Crippen LogP) is 5.10. The number of piperazine rings is 1. The monoisotopic (exact) mass is 511 g/mol.